The minimum atomic E-state index is -3.85. The average Bonchev–Trinajstić information content (AvgIpc) is 3.42. The Morgan fingerprint density at radius 1 is 1.12 bits per heavy atom. The van der Waals surface area contributed by atoms with Crippen LogP contribution in [-0.2, 0) is 10.2 Å². The lowest BCUT2D eigenvalue weighted by Gasteiger charge is -2.24. The highest BCUT2D eigenvalue weighted by molar-refractivity contribution is 6.20. The Kier molecular flexibility index (Phi) is 4.74. The molecule has 0 saturated heterocycles. The van der Waals surface area contributed by atoms with Crippen LogP contribution in [0.4, 0.5) is 20.2 Å². The Hall–Kier alpha value is -3.01. The van der Waals surface area contributed by atoms with E-state index >= 15 is 0 Å². The maximum Gasteiger partial charge on any atom is 0.487 e. The molecule has 1 saturated carbocycles. The van der Waals surface area contributed by atoms with Gasteiger partial charge in [0, 0.05) is 34.6 Å². The van der Waals surface area contributed by atoms with Gasteiger partial charge in [-0.1, -0.05) is 12.1 Å². The fourth-order valence-corrected chi connectivity index (χ4v) is 4.88. The molecule has 0 radical (unpaired) electrons. The topological polar surface area (TPSA) is 98.7 Å². The zero-order valence-electron chi connectivity index (χ0n) is 16.5. The minimum absolute atomic E-state index is 0.0569. The molecule has 3 N–H and O–H groups in total. The zero-order chi connectivity index (χ0) is 22.7. The lowest BCUT2D eigenvalue weighted by molar-refractivity contribution is -0.122. The summed E-state index contributed by atoms with van der Waals surface area (Å²) in [4.78, 5) is 15.3. The van der Waals surface area contributed by atoms with Crippen molar-refractivity contribution in [3.63, 3.8) is 0 Å². The number of hydrogen-bond acceptors (Lipinski definition) is 5. The highest BCUT2D eigenvalue weighted by Crippen LogP contribution is 2.56. The van der Waals surface area contributed by atoms with E-state index in [1.54, 1.807) is 24.4 Å². The number of hydrogen-bond donors (Lipinski definition) is 3. The van der Waals surface area contributed by atoms with E-state index in [1.165, 1.54) is 29.2 Å². The number of aromatic amines is 1. The van der Waals surface area contributed by atoms with E-state index in [9.17, 15) is 23.8 Å². The van der Waals surface area contributed by atoms with Gasteiger partial charge in [0.15, 0.2) is 0 Å². The molecule has 5 rings (SSSR count). The van der Waals surface area contributed by atoms with Crippen LogP contribution < -0.4 is 9.64 Å². The molecule has 1 fully saturated rings. The Bertz CT molecular complexity index is 1150. The molecular weight excluding hydrogens is 444 g/mol. The molecule has 10 heteroatoms. The number of anilines is 2. The van der Waals surface area contributed by atoms with E-state index in [-0.39, 0.29) is 24.5 Å². The highest BCUT2D eigenvalue weighted by atomic mass is 35.5. The monoisotopic (exact) mass is 461 g/mol. The molecule has 166 valence electrons. The number of halogens is 3. The van der Waals surface area contributed by atoms with E-state index in [0.717, 1.165) is 5.56 Å². The molecule has 1 aromatic heterocycles. The van der Waals surface area contributed by atoms with Gasteiger partial charge in [0.1, 0.15) is 5.75 Å². The largest absolute Gasteiger partial charge is 0.487 e. The second-order valence-electron chi connectivity index (χ2n) is 7.98. The number of nitrogens with zero attached hydrogens (tertiary/aromatic N) is 2. The van der Waals surface area contributed by atoms with Gasteiger partial charge in [-0.3, -0.25) is 14.8 Å². The van der Waals surface area contributed by atoms with Crippen molar-refractivity contribution in [3.8, 4) is 17.0 Å². The highest BCUT2D eigenvalue weighted by Gasteiger charge is 2.58. The number of amides is 1. The summed E-state index contributed by atoms with van der Waals surface area (Å²) < 4.78 is 30.2. The molecule has 3 atom stereocenters. The van der Waals surface area contributed by atoms with Crippen LogP contribution in [0, 0.1) is 0 Å². The number of aliphatic hydroxyl groups is 2. The maximum atomic E-state index is 13.8. The van der Waals surface area contributed by atoms with Crippen molar-refractivity contribution in [3.05, 3.63) is 60.3 Å². The Balaban J connectivity index is 1.65. The number of benzene rings is 2. The zero-order valence-corrected chi connectivity index (χ0v) is 17.3. The van der Waals surface area contributed by atoms with Crippen LogP contribution in [0.2, 0.25) is 0 Å². The number of ether oxygens (including phenoxy) is 1. The molecular formula is C22H18ClF2N3O4. The van der Waals surface area contributed by atoms with Crippen LogP contribution in [-0.4, -0.2) is 44.1 Å². The van der Waals surface area contributed by atoms with Gasteiger partial charge in [-0.15, -0.1) is 8.78 Å². The van der Waals surface area contributed by atoms with Crippen LogP contribution in [0.25, 0.3) is 11.3 Å². The normalized spacial score (nSPS) is 24.9. The molecule has 2 aliphatic rings. The standard InChI is InChI=1S/C22H18ClF2N3O4/c23-22(24,25)32-13-6-4-12(5-7-13)28-16-3-1-2-14(15-8-9-26-27-15)19(16)21(20(28)31)10-17(29)18(30)11-21/h1-9,17-18,29-30H,10-11H2,(H,26,27)/t17-,18+,21?. The summed E-state index contributed by atoms with van der Waals surface area (Å²) in [5.74, 6) is -0.473. The van der Waals surface area contributed by atoms with Gasteiger partial charge in [0.05, 0.1) is 29.0 Å². The third kappa shape index (κ3) is 3.24. The first kappa shape index (κ1) is 20.9. The van der Waals surface area contributed by atoms with E-state index < -0.39 is 23.2 Å². The SMILES string of the molecule is O=C1N(c2ccc(OC(F)(F)Cl)cc2)c2cccc(-c3ccn[nH]3)c2C12C[C@@H](O)[C@@H](O)C2. The van der Waals surface area contributed by atoms with Crippen molar-refractivity contribution in [1.82, 2.24) is 10.2 Å². The van der Waals surface area contributed by atoms with Crippen molar-refractivity contribution in [2.24, 2.45) is 0 Å². The molecule has 0 bridgehead atoms. The van der Waals surface area contributed by atoms with Gasteiger partial charge in [-0.05, 0) is 49.2 Å². The van der Waals surface area contributed by atoms with E-state index in [2.05, 4.69) is 14.9 Å². The van der Waals surface area contributed by atoms with Gasteiger partial charge in [0.25, 0.3) is 0 Å². The fourth-order valence-electron chi connectivity index (χ4n) is 4.79. The van der Waals surface area contributed by atoms with Crippen LogP contribution in [0.5, 0.6) is 5.75 Å². The molecule has 1 aliphatic carbocycles. The number of H-pyrrole nitrogens is 1. The first-order valence-electron chi connectivity index (χ1n) is 9.89. The predicted molar refractivity (Wildman–Crippen MR) is 112 cm³/mol. The first-order chi connectivity index (χ1) is 15.2. The van der Waals surface area contributed by atoms with Gasteiger partial charge in [0.2, 0.25) is 5.91 Å². The minimum Gasteiger partial charge on any atom is -0.420 e. The summed E-state index contributed by atoms with van der Waals surface area (Å²) in [5.41, 5.74) is -1.88. The second-order valence-corrected chi connectivity index (χ2v) is 8.42. The lowest BCUT2D eigenvalue weighted by Crippen LogP contribution is -2.37. The van der Waals surface area contributed by atoms with Gasteiger partial charge < -0.3 is 14.9 Å². The number of nitrogens with one attached hydrogen (secondary N) is 1. The number of aliphatic hydroxyl groups excluding tert-OH is 2. The second kappa shape index (κ2) is 7.26. The first-order valence-corrected chi connectivity index (χ1v) is 10.3. The summed E-state index contributed by atoms with van der Waals surface area (Å²) in [7, 11) is 0. The summed E-state index contributed by atoms with van der Waals surface area (Å²) in [6.45, 7) is 0. The van der Waals surface area contributed by atoms with Crippen molar-refractivity contribution in [1.29, 1.82) is 0 Å². The average molecular weight is 462 g/mol. The number of carbonyl (C=O) groups is 1. The van der Waals surface area contributed by atoms with Crippen LogP contribution >= 0.6 is 11.6 Å². The molecule has 7 nitrogen and oxygen atoms in total. The molecule has 1 spiro atoms. The molecule has 2 heterocycles. The quantitative estimate of drug-likeness (QED) is 0.515. The van der Waals surface area contributed by atoms with Crippen LogP contribution in [0.1, 0.15) is 18.4 Å². The summed E-state index contributed by atoms with van der Waals surface area (Å²) in [6, 6.07) is 12.7. The van der Waals surface area contributed by atoms with Gasteiger partial charge >= 0.3 is 5.57 Å². The van der Waals surface area contributed by atoms with E-state index in [1.807, 2.05) is 6.07 Å². The number of aromatic nitrogens is 2. The molecule has 2 aromatic carbocycles. The number of alkyl halides is 3. The fraction of sp³-hybridized carbons (Fsp3) is 0.273. The smallest absolute Gasteiger partial charge is 0.420 e. The molecule has 1 amide bonds. The number of fused-ring (bicyclic) bond motifs is 2. The maximum absolute atomic E-state index is 13.8. The van der Waals surface area contributed by atoms with Crippen molar-refractivity contribution in [2.45, 2.75) is 36.0 Å². The third-order valence-corrected chi connectivity index (χ3v) is 6.13. The molecule has 1 unspecified atom stereocenters. The van der Waals surface area contributed by atoms with E-state index in [4.69, 9.17) is 11.6 Å². The Morgan fingerprint density at radius 2 is 1.81 bits per heavy atom. The van der Waals surface area contributed by atoms with Crippen LogP contribution in [0.3, 0.4) is 0 Å². The van der Waals surface area contributed by atoms with Crippen molar-refractivity contribution >= 4 is 28.9 Å². The van der Waals surface area contributed by atoms with E-state index in [0.29, 0.717) is 22.6 Å². The molecule has 32 heavy (non-hydrogen) atoms. The summed E-state index contributed by atoms with van der Waals surface area (Å²) in [6.07, 6.45) is -0.394. The third-order valence-electron chi connectivity index (χ3n) is 6.05. The van der Waals surface area contributed by atoms with Crippen molar-refractivity contribution < 1.29 is 28.5 Å². The van der Waals surface area contributed by atoms with Gasteiger partial charge in [-0.25, -0.2) is 0 Å². The Morgan fingerprint density at radius 3 is 2.41 bits per heavy atom. The predicted octanol–water partition coefficient (Wildman–Crippen LogP) is 3.68. The summed E-state index contributed by atoms with van der Waals surface area (Å²) in [5, 5.41) is 27.6. The Labute approximate surface area is 186 Å². The van der Waals surface area contributed by atoms with Crippen molar-refractivity contribution in [2.75, 3.05) is 4.90 Å². The van der Waals surface area contributed by atoms with Crippen LogP contribution in [0.15, 0.2) is 54.7 Å². The number of carbonyl (C=O) groups excluding carboxylic acids is 1. The van der Waals surface area contributed by atoms with Gasteiger partial charge in [-0.2, -0.15) is 5.10 Å². The summed E-state index contributed by atoms with van der Waals surface area (Å²) >= 11 is 4.82. The lowest BCUT2D eigenvalue weighted by atomic mass is 9.77. The molecule has 1 aliphatic heterocycles. The molecule has 3 aromatic rings. The number of rotatable bonds is 4.